The summed E-state index contributed by atoms with van der Waals surface area (Å²) in [7, 11) is 0. The largest absolute Gasteiger partial charge is 0.487 e. The summed E-state index contributed by atoms with van der Waals surface area (Å²) in [5.74, 6) is 0.947. The number of nitrogens with zero attached hydrogens (tertiary/aromatic N) is 3. The van der Waals surface area contributed by atoms with Crippen molar-refractivity contribution in [2.75, 3.05) is 24.5 Å². The lowest BCUT2D eigenvalue weighted by Gasteiger charge is -2.41. The number of hydrogen-bond acceptors (Lipinski definition) is 5. The van der Waals surface area contributed by atoms with Crippen LogP contribution < -0.4 is 15.4 Å². The fraction of sp³-hybridized carbons (Fsp3) is 0.565. The summed E-state index contributed by atoms with van der Waals surface area (Å²) in [6, 6.07) is 4.71. The molecule has 2 aliphatic heterocycles. The van der Waals surface area contributed by atoms with Crippen LogP contribution >= 0.6 is 0 Å². The highest BCUT2D eigenvalue weighted by atomic mass is 16.5. The van der Waals surface area contributed by atoms with E-state index in [0.29, 0.717) is 6.04 Å². The van der Waals surface area contributed by atoms with Crippen molar-refractivity contribution in [1.82, 2.24) is 4.90 Å². The summed E-state index contributed by atoms with van der Waals surface area (Å²) < 4.78 is 6.54. The van der Waals surface area contributed by atoms with Crippen molar-refractivity contribution in [3.8, 4) is 5.75 Å². The van der Waals surface area contributed by atoms with Gasteiger partial charge >= 0.3 is 0 Å². The van der Waals surface area contributed by atoms with Crippen molar-refractivity contribution in [1.29, 1.82) is 0 Å². The molecule has 4 rings (SSSR count). The molecule has 2 N–H and O–H groups in total. The fourth-order valence-corrected chi connectivity index (χ4v) is 4.28. The van der Waals surface area contributed by atoms with Crippen LogP contribution in [0.3, 0.4) is 0 Å². The van der Waals surface area contributed by atoms with Crippen molar-refractivity contribution < 1.29 is 9.53 Å². The molecule has 2 heterocycles. The van der Waals surface area contributed by atoms with E-state index in [0.717, 1.165) is 73.5 Å². The zero-order valence-electron chi connectivity index (χ0n) is 17.7. The molecule has 1 atom stereocenters. The van der Waals surface area contributed by atoms with E-state index in [1.807, 2.05) is 23.2 Å². The van der Waals surface area contributed by atoms with Gasteiger partial charge in [0.25, 0.3) is 0 Å². The minimum absolute atomic E-state index is 0.0721. The number of rotatable bonds is 6. The summed E-state index contributed by atoms with van der Waals surface area (Å²) >= 11 is 0. The maximum Gasteiger partial charge on any atom is 0.224 e. The third kappa shape index (κ3) is 4.04. The van der Waals surface area contributed by atoms with Gasteiger partial charge in [0.1, 0.15) is 11.9 Å². The molecule has 0 bridgehead atoms. The third-order valence-electron chi connectivity index (χ3n) is 6.20. The van der Waals surface area contributed by atoms with E-state index in [1.165, 1.54) is 0 Å². The van der Waals surface area contributed by atoms with Crippen LogP contribution in [0.1, 0.15) is 51.2 Å². The van der Waals surface area contributed by atoms with Crippen molar-refractivity contribution in [3.05, 3.63) is 29.5 Å². The van der Waals surface area contributed by atoms with Gasteiger partial charge in [-0.1, -0.05) is 6.92 Å². The number of ether oxygens (including phenoxy) is 1. The first-order valence-corrected chi connectivity index (χ1v) is 10.8. The van der Waals surface area contributed by atoms with Gasteiger partial charge < -0.3 is 15.4 Å². The number of allylic oxidation sites excluding steroid dienone is 1. The first kappa shape index (κ1) is 20.0. The molecule has 6 heteroatoms. The van der Waals surface area contributed by atoms with Gasteiger partial charge in [0, 0.05) is 55.2 Å². The summed E-state index contributed by atoms with van der Waals surface area (Å²) in [6.07, 6.45) is 7.81. The SMILES string of the molecule is CCN1CC(Oc2c(C(C=NC3CC3)=CN)ccc3c2CCC(C)N3C(C)=O)C1. The molecule has 1 saturated heterocycles. The number of nitrogens with two attached hydrogens (primary N) is 1. The second-order valence-corrected chi connectivity index (χ2v) is 8.44. The zero-order valence-corrected chi connectivity index (χ0v) is 17.7. The number of anilines is 1. The fourth-order valence-electron chi connectivity index (χ4n) is 4.28. The Morgan fingerprint density at radius 2 is 2.07 bits per heavy atom. The Hall–Kier alpha value is -2.34. The molecule has 29 heavy (non-hydrogen) atoms. The molecule has 0 spiro atoms. The van der Waals surface area contributed by atoms with Crippen LogP contribution in [0.25, 0.3) is 5.57 Å². The number of benzene rings is 1. The van der Waals surface area contributed by atoms with Gasteiger partial charge in [0.15, 0.2) is 0 Å². The van der Waals surface area contributed by atoms with E-state index in [-0.39, 0.29) is 18.1 Å². The Kier molecular flexibility index (Phi) is 5.63. The Morgan fingerprint density at radius 1 is 1.31 bits per heavy atom. The Morgan fingerprint density at radius 3 is 2.69 bits per heavy atom. The third-order valence-corrected chi connectivity index (χ3v) is 6.20. The van der Waals surface area contributed by atoms with E-state index in [2.05, 4.69) is 23.7 Å². The normalized spacial score (nSPS) is 23.2. The van der Waals surface area contributed by atoms with Crippen molar-refractivity contribution >= 4 is 23.4 Å². The number of fused-ring (bicyclic) bond motifs is 1. The summed E-state index contributed by atoms with van der Waals surface area (Å²) in [6.45, 7) is 8.82. The Labute approximate surface area is 173 Å². The summed E-state index contributed by atoms with van der Waals surface area (Å²) in [4.78, 5) is 21.2. The first-order valence-electron chi connectivity index (χ1n) is 10.8. The topological polar surface area (TPSA) is 71.2 Å². The molecule has 1 saturated carbocycles. The average molecular weight is 397 g/mol. The van der Waals surface area contributed by atoms with Crippen molar-refractivity contribution in [2.45, 2.75) is 64.6 Å². The maximum atomic E-state index is 12.3. The molecule has 1 aromatic rings. The number of carbonyl (C=O) groups is 1. The summed E-state index contributed by atoms with van der Waals surface area (Å²) in [5.41, 5.74) is 9.94. The zero-order chi connectivity index (χ0) is 20.5. The number of amides is 1. The van der Waals surface area contributed by atoms with E-state index >= 15 is 0 Å². The Bertz CT molecular complexity index is 838. The number of carbonyl (C=O) groups excluding carboxylic acids is 1. The van der Waals surface area contributed by atoms with Crippen molar-refractivity contribution in [3.63, 3.8) is 0 Å². The molecule has 1 aliphatic carbocycles. The van der Waals surface area contributed by atoms with Crippen LogP contribution in [0.4, 0.5) is 5.69 Å². The van der Waals surface area contributed by atoms with Crippen LogP contribution in [0.2, 0.25) is 0 Å². The molecule has 1 unspecified atom stereocenters. The van der Waals surface area contributed by atoms with Gasteiger partial charge in [-0.3, -0.25) is 14.7 Å². The molecule has 0 aromatic heterocycles. The van der Waals surface area contributed by atoms with Gasteiger partial charge in [0.05, 0.1) is 11.7 Å². The number of hydrogen-bond donors (Lipinski definition) is 1. The Balaban J connectivity index is 1.73. The summed E-state index contributed by atoms with van der Waals surface area (Å²) in [5, 5.41) is 0. The van der Waals surface area contributed by atoms with Crippen molar-refractivity contribution in [2.24, 2.45) is 10.7 Å². The molecule has 3 aliphatic rings. The van der Waals surface area contributed by atoms with Crippen LogP contribution in [0.5, 0.6) is 5.75 Å². The van der Waals surface area contributed by atoms with E-state index < -0.39 is 0 Å². The molecule has 1 amide bonds. The molecule has 6 nitrogen and oxygen atoms in total. The molecular weight excluding hydrogens is 364 g/mol. The lowest BCUT2D eigenvalue weighted by molar-refractivity contribution is -0.117. The lowest BCUT2D eigenvalue weighted by atomic mass is 9.91. The number of likely N-dealkylation sites (N-methyl/N-ethyl adjacent to an activating group) is 1. The molecule has 2 fully saturated rings. The van der Waals surface area contributed by atoms with Gasteiger partial charge in [0.2, 0.25) is 5.91 Å². The van der Waals surface area contributed by atoms with E-state index in [4.69, 9.17) is 10.5 Å². The standard InChI is InChI=1S/C23H32N4O2/c1-4-26-13-19(14-26)29-23-20(17(11-24)12-25-18-6-7-18)9-10-22-21(23)8-5-15(2)27(22)16(3)28/h9-12,15,18-19H,4-8,13-14,24H2,1-3H3. The number of likely N-dealkylation sites (tertiary alicyclic amines) is 1. The predicted octanol–water partition coefficient (Wildman–Crippen LogP) is 2.99. The van der Waals surface area contributed by atoms with Gasteiger partial charge in [-0.15, -0.1) is 0 Å². The van der Waals surface area contributed by atoms with Crippen LogP contribution in [-0.4, -0.2) is 54.8 Å². The second-order valence-electron chi connectivity index (χ2n) is 8.44. The number of aliphatic imine (C=N–C) groups is 1. The van der Waals surface area contributed by atoms with Crippen LogP contribution in [0, 0.1) is 0 Å². The average Bonchev–Trinajstić information content (AvgIpc) is 3.49. The first-order chi connectivity index (χ1) is 14.0. The highest BCUT2D eigenvalue weighted by Gasteiger charge is 2.33. The quantitative estimate of drug-likeness (QED) is 0.751. The highest BCUT2D eigenvalue weighted by molar-refractivity contribution is 6.11. The van der Waals surface area contributed by atoms with E-state index in [9.17, 15) is 4.79 Å². The second kappa shape index (κ2) is 8.19. The monoisotopic (exact) mass is 396 g/mol. The molecule has 1 aromatic carbocycles. The van der Waals surface area contributed by atoms with Crippen LogP contribution in [0.15, 0.2) is 23.3 Å². The predicted molar refractivity (Wildman–Crippen MR) is 118 cm³/mol. The molecular formula is C23H32N4O2. The smallest absolute Gasteiger partial charge is 0.224 e. The minimum Gasteiger partial charge on any atom is -0.487 e. The highest BCUT2D eigenvalue weighted by Crippen LogP contribution is 2.42. The van der Waals surface area contributed by atoms with Gasteiger partial charge in [-0.2, -0.15) is 0 Å². The minimum atomic E-state index is 0.0721. The molecule has 0 radical (unpaired) electrons. The maximum absolute atomic E-state index is 12.3. The molecule has 156 valence electrons. The van der Waals surface area contributed by atoms with Gasteiger partial charge in [-0.05, 0) is 51.3 Å². The van der Waals surface area contributed by atoms with E-state index in [1.54, 1.807) is 13.1 Å². The lowest BCUT2D eigenvalue weighted by Crippen LogP contribution is -2.53. The van der Waals surface area contributed by atoms with Gasteiger partial charge in [-0.25, -0.2) is 0 Å². The van der Waals surface area contributed by atoms with Crippen LogP contribution in [-0.2, 0) is 11.2 Å².